The van der Waals surface area contributed by atoms with E-state index in [1.165, 1.54) is 0 Å². The summed E-state index contributed by atoms with van der Waals surface area (Å²) in [5.74, 6) is 0.616. The Morgan fingerprint density at radius 2 is 2.06 bits per heavy atom. The largest absolute Gasteiger partial charge is 0.491 e. The molecule has 0 aromatic heterocycles. The topological polar surface area (TPSA) is 21.3 Å². The smallest absolute Gasteiger partial charge is 0.139 e. The maximum atomic E-state index is 6.04. The van der Waals surface area contributed by atoms with Gasteiger partial charge >= 0.3 is 0 Å². The Balaban J connectivity index is 2.44. The van der Waals surface area contributed by atoms with E-state index in [9.17, 15) is 0 Å². The molecule has 0 heterocycles. The summed E-state index contributed by atoms with van der Waals surface area (Å²) in [5.41, 5.74) is 0. The standard InChI is InChI=1S/C12H16BrCl2NO/c1-3-8(2)16-4-5-17-12-7-10(14)9(13)6-11(12)15/h6-8,16H,3-5H2,1-2H3. The van der Waals surface area contributed by atoms with Crippen molar-refractivity contribution in [1.29, 1.82) is 0 Å². The van der Waals surface area contributed by atoms with Gasteiger partial charge in [-0.1, -0.05) is 30.1 Å². The Morgan fingerprint density at radius 1 is 1.35 bits per heavy atom. The molecule has 96 valence electrons. The van der Waals surface area contributed by atoms with Crippen molar-refractivity contribution in [1.82, 2.24) is 5.32 Å². The lowest BCUT2D eigenvalue weighted by Crippen LogP contribution is -2.29. The fraction of sp³-hybridized carbons (Fsp3) is 0.500. The molecule has 0 aliphatic carbocycles. The molecule has 0 fully saturated rings. The fourth-order valence-corrected chi connectivity index (χ4v) is 2.07. The lowest BCUT2D eigenvalue weighted by atomic mass is 10.3. The minimum Gasteiger partial charge on any atom is -0.491 e. The Labute approximate surface area is 121 Å². The van der Waals surface area contributed by atoms with Crippen molar-refractivity contribution in [3.63, 3.8) is 0 Å². The second kappa shape index (κ2) is 7.47. The van der Waals surface area contributed by atoms with Crippen LogP contribution in [0.3, 0.4) is 0 Å². The average molecular weight is 341 g/mol. The van der Waals surface area contributed by atoms with Crippen LogP contribution >= 0.6 is 39.1 Å². The minimum atomic E-state index is 0.502. The molecule has 1 unspecified atom stereocenters. The number of ether oxygens (including phenoxy) is 1. The van der Waals surface area contributed by atoms with Crippen LogP contribution in [-0.2, 0) is 0 Å². The fourth-order valence-electron chi connectivity index (χ4n) is 1.23. The lowest BCUT2D eigenvalue weighted by Gasteiger charge is -2.13. The molecule has 1 aromatic carbocycles. The third-order valence-electron chi connectivity index (χ3n) is 2.44. The molecule has 0 saturated heterocycles. The van der Waals surface area contributed by atoms with E-state index in [1.54, 1.807) is 12.1 Å². The van der Waals surface area contributed by atoms with Crippen molar-refractivity contribution >= 4 is 39.1 Å². The zero-order valence-corrected chi connectivity index (χ0v) is 13.0. The number of hydrogen-bond donors (Lipinski definition) is 1. The highest BCUT2D eigenvalue weighted by Gasteiger charge is 2.06. The summed E-state index contributed by atoms with van der Waals surface area (Å²) in [6.45, 7) is 5.65. The van der Waals surface area contributed by atoms with Gasteiger partial charge in [0.25, 0.3) is 0 Å². The molecule has 1 atom stereocenters. The summed E-state index contributed by atoms with van der Waals surface area (Å²) in [5, 5.41) is 4.49. The van der Waals surface area contributed by atoms with E-state index in [1.807, 2.05) is 0 Å². The first-order chi connectivity index (χ1) is 8.04. The maximum Gasteiger partial charge on any atom is 0.139 e. The highest BCUT2D eigenvalue weighted by molar-refractivity contribution is 9.10. The van der Waals surface area contributed by atoms with Crippen LogP contribution in [0.15, 0.2) is 16.6 Å². The van der Waals surface area contributed by atoms with E-state index < -0.39 is 0 Å². The van der Waals surface area contributed by atoms with Crippen LogP contribution in [0, 0.1) is 0 Å². The summed E-state index contributed by atoms with van der Waals surface area (Å²) in [7, 11) is 0. The second-order valence-corrected chi connectivity index (χ2v) is 5.48. The second-order valence-electron chi connectivity index (χ2n) is 3.81. The first kappa shape index (κ1) is 15.1. The van der Waals surface area contributed by atoms with Gasteiger partial charge in [0.1, 0.15) is 12.4 Å². The molecule has 17 heavy (non-hydrogen) atoms. The Morgan fingerprint density at radius 3 is 2.71 bits per heavy atom. The van der Waals surface area contributed by atoms with Gasteiger partial charge in [-0.25, -0.2) is 0 Å². The molecular formula is C12H16BrCl2NO. The van der Waals surface area contributed by atoms with Gasteiger partial charge in [-0.3, -0.25) is 0 Å². The van der Waals surface area contributed by atoms with E-state index >= 15 is 0 Å². The van der Waals surface area contributed by atoms with Gasteiger partial charge in [0.05, 0.1) is 10.0 Å². The van der Waals surface area contributed by atoms with Crippen molar-refractivity contribution in [2.45, 2.75) is 26.3 Å². The first-order valence-electron chi connectivity index (χ1n) is 5.55. The third kappa shape index (κ3) is 5.04. The molecule has 1 N–H and O–H groups in total. The molecule has 2 nitrogen and oxygen atoms in total. The van der Waals surface area contributed by atoms with Crippen LogP contribution in [-0.4, -0.2) is 19.2 Å². The average Bonchev–Trinajstić information content (AvgIpc) is 2.30. The molecule has 1 aromatic rings. The SMILES string of the molecule is CCC(C)NCCOc1cc(Cl)c(Br)cc1Cl. The monoisotopic (exact) mass is 339 g/mol. The van der Waals surface area contributed by atoms with Gasteiger partial charge < -0.3 is 10.1 Å². The molecule has 0 bridgehead atoms. The van der Waals surface area contributed by atoms with E-state index in [0.717, 1.165) is 17.4 Å². The number of rotatable bonds is 6. The highest BCUT2D eigenvalue weighted by Crippen LogP contribution is 2.33. The molecule has 0 spiro atoms. The summed E-state index contributed by atoms with van der Waals surface area (Å²) >= 11 is 15.3. The minimum absolute atomic E-state index is 0.502. The van der Waals surface area contributed by atoms with Crippen molar-refractivity contribution in [3.05, 3.63) is 26.7 Å². The Bertz CT molecular complexity index is 374. The number of halogens is 3. The quantitative estimate of drug-likeness (QED) is 0.607. The molecule has 0 aliphatic rings. The zero-order chi connectivity index (χ0) is 12.8. The Kier molecular flexibility index (Phi) is 6.63. The molecule has 5 heteroatoms. The van der Waals surface area contributed by atoms with Gasteiger partial charge in [-0.05, 0) is 35.3 Å². The maximum absolute atomic E-state index is 6.04. The van der Waals surface area contributed by atoms with Crippen molar-refractivity contribution in [2.75, 3.05) is 13.2 Å². The summed E-state index contributed by atoms with van der Waals surface area (Å²) in [4.78, 5) is 0. The molecule has 1 rings (SSSR count). The summed E-state index contributed by atoms with van der Waals surface area (Å²) < 4.78 is 6.34. The normalized spacial score (nSPS) is 12.5. The molecular weight excluding hydrogens is 325 g/mol. The van der Waals surface area contributed by atoms with Crippen LogP contribution in [0.5, 0.6) is 5.75 Å². The van der Waals surface area contributed by atoms with Crippen LogP contribution < -0.4 is 10.1 Å². The number of benzene rings is 1. The van der Waals surface area contributed by atoms with Crippen LogP contribution in [0.1, 0.15) is 20.3 Å². The van der Waals surface area contributed by atoms with Gasteiger partial charge in [-0.15, -0.1) is 0 Å². The van der Waals surface area contributed by atoms with Gasteiger partial charge in [0, 0.05) is 23.1 Å². The van der Waals surface area contributed by atoms with Crippen molar-refractivity contribution < 1.29 is 4.74 Å². The molecule has 0 saturated carbocycles. The highest BCUT2D eigenvalue weighted by atomic mass is 79.9. The Hall–Kier alpha value is 0.0400. The first-order valence-corrected chi connectivity index (χ1v) is 7.10. The third-order valence-corrected chi connectivity index (χ3v) is 3.93. The van der Waals surface area contributed by atoms with Crippen molar-refractivity contribution in [3.8, 4) is 5.75 Å². The van der Waals surface area contributed by atoms with E-state index in [4.69, 9.17) is 27.9 Å². The van der Waals surface area contributed by atoms with E-state index in [0.29, 0.717) is 28.4 Å². The number of hydrogen-bond acceptors (Lipinski definition) is 2. The van der Waals surface area contributed by atoms with Crippen LogP contribution in [0.2, 0.25) is 10.0 Å². The summed E-state index contributed by atoms with van der Waals surface area (Å²) in [6, 6.07) is 3.96. The molecule has 0 amide bonds. The lowest BCUT2D eigenvalue weighted by molar-refractivity contribution is 0.306. The van der Waals surface area contributed by atoms with E-state index in [2.05, 4.69) is 35.1 Å². The van der Waals surface area contributed by atoms with Gasteiger partial charge in [-0.2, -0.15) is 0 Å². The predicted octanol–water partition coefficient (Wildman–Crippen LogP) is 4.52. The van der Waals surface area contributed by atoms with Crippen LogP contribution in [0.4, 0.5) is 0 Å². The zero-order valence-electron chi connectivity index (χ0n) is 9.90. The number of nitrogens with one attached hydrogen (secondary N) is 1. The van der Waals surface area contributed by atoms with Crippen LogP contribution in [0.25, 0.3) is 0 Å². The van der Waals surface area contributed by atoms with Gasteiger partial charge in [0.2, 0.25) is 0 Å². The van der Waals surface area contributed by atoms with Gasteiger partial charge in [0.15, 0.2) is 0 Å². The summed E-state index contributed by atoms with van der Waals surface area (Å²) in [6.07, 6.45) is 1.10. The van der Waals surface area contributed by atoms with E-state index in [-0.39, 0.29) is 0 Å². The molecule has 0 radical (unpaired) electrons. The molecule has 0 aliphatic heterocycles. The van der Waals surface area contributed by atoms with Crippen molar-refractivity contribution in [2.24, 2.45) is 0 Å². The predicted molar refractivity (Wildman–Crippen MR) is 77.4 cm³/mol.